The van der Waals surface area contributed by atoms with Gasteiger partial charge in [0.25, 0.3) is 30.1 Å². The highest BCUT2D eigenvalue weighted by atomic mass is 79.9. The topological polar surface area (TPSA) is 112 Å². The molecule has 7 rings (SSSR count). The summed E-state index contributed by atoms with van der Waals surface area (Å²) in [5, 5.41) is 0. The average molecular weight is 1090 g/mol. The average Bonchev–Trinajstić information content (AvgIpc) is 3.25. The van der Waals surface area contributed by atoms with Crippen LogP contribution < -0.4 is 12.9 Å². The lowest BCUT2D eigenvalue weighted by molar-refractivity contribution is 0.589. The summed E-state index contributed by atoms with van der Waals surface area (Å²) in [6, 6.07) is 45.9. The van der Waals surface area contributed by atoms with Gasteiger partial charge >= 0.3 is 0 Å². The van der Waals surface area contributed by atoms with Crippen LogP contribution in [0.2, 0.25) is 0 Å². The molecule has 15 heteroatoms. The van der Waals surface area contributed by atoms with Gasteiger partial charge in [0, 0.05) is 13.4 Å². The second-order valence-corrected chi connectivity index (χ2v) is 23.4. The fourth-order valence-corrected chi connectivity index (χ4v) is 12.0. The van der Waals surface area contributed by atoms with E-state index in [1.807, 2.05) is 20.8 Å². The fraction of sp³-hybridized carbons (Fsp3) is 0.125. The highest BCUT2D eigenvalue weighted by Crippen LogP contribution is 2.33. The van der Waals surface area contributed by atoms with Crippen LogP contribution in [0.4, 0.5) is 17.1 Å². The molecule has 0 saturated carbocycles. The van der Waals surface area contributed by atoms with E-state index in [1.54, 1.807) is 164 Å². The smallest absolute Gasteiger partial charge is 0.262 e. The molecule has 324 valence electrons. The summed E-state index contributed by atoms with van der Waals surface area (Å²) in [4.78, 5) is 0.260. The van der Waals surface area contributed by atoms with Crippen molar-refractivity contribution in [1.29, 1.82) is 0 Å². The van der Waals surface area contributed by atoms with Gasteiger partial charge in [-0.1, -0.05) is 119 Å². The minimum absolute atomic E-state index is 0.0867. The van der Waals surface area contributed by atoms with Gasteiger partial charge in [-0.3, -0.25) is 12.9 Å². The van der Waals surface area contributed by atoms with Gasteiger partial charge in [-0.25, -0.2) is 25.3 Å². The molecule has 9 nitrogen and oxygen atoms in total. The van der Waals surface area contributed by atoms with Crippen molar-refractivity contribution in [1.82, 2.24) is 0 Å². The van der Waals surface area contributed by atoms with Crippen LogP contribution in [0.25, 0.3) is 0 Å². The summed E-state index contributed by atoms with van der Waals surface area (Å²) in [5.74, 6) is 0. The Morgan fingerprint density at radius 2 is 0.540 bits per heavy atom. The van der Waals surface area contributed by atoms with Crippen LogP contribution in [0, 0.1) is 20.8 Å². The molecule has 0 heterocycles. The molecule has 0 saturated heterocycles. The maximum absolute atomic E-state index is 14.6. The Bertz CT molecular complexity index is 2720. The SMILES string of the molecule is Cc1ccc(S(=O)(=O)N(Cc2cc(CN(c3ccc(Br)cc3)S(=O)(=O)c3ccc(C)cc3)cc(CN(c3ccc(Br)cc3)S(=O)(=O)c3ccc(C)cc3)c2)c2ccc(Br)cc2)cc1. The van der Waals surface area contributed by atoms with Crippen LogP contribution in [-0.4, -0.2) is 25.3 Å². The van der Waals surface area contributed by atoms with Crippen molar-refractivity contribution in [2.45, 2.75) is 55.1 Å². The third kappa shape index (κ3) is 10.8. The lowest BCUT2D eigenvalue weighted by Gasteiger charge is -2.28. The Labute approximate surface area is 395 Å². The Kier molecular flexibility index (Phi) is 14.0. The molecule has 0 amide bonds. The Morgan fingerprint density at radius 1 is 0.333 bits per heavy atom. The summed E-state index contributed by atoms with van der Waals surface area (Å²) < 4.78 is 94.0. The Balaban J connectivity index is 1.41. The van der Waals surface area contributed by atoms with Gasteiger partial charge in [-0.05, 0) is 147 Å². The highest BCUT2D eigenvalue weighted by Gasteiger charge is 2.30. The van der Waals surface area contributed by atoms with E-state index >= 15 is 0 Å². The van der Waals surface area contributed by atoms with Crippen LogP contribution in [0.15, 0.2) is 192 Å². The zero-order valence-electron chi connectivity index (χ0n) is 34.4. The number of aryl methyl sites for hydroxylation is 3. The minimum Gasteiger partial charge on any atom is -0.262 e. The molecule has 0 aromatic heterocycles. The van der Waals surface area contributed by atoms with Crippen molar-refractivity contribution in [3.8, 4) is 0 Å². The number of anilines is 3. The molecule has 0 aliphatic carbocycles. The van der Waals surface area contributed by atoms with E-state index in [9.17, 15) is 25.3 Å². The monoisotopic (exact) mass is 1090 g/mol. The first kappa shape index (κ1) is 46.2. The van der Waals surface area contributed by atoms with Crippen molar-refractivity contribution >= 4 is 94.9 Å². The van der Waals surface area contributed by atoms with Crippen LogP contribution in [0.5, 0.6) is 0 Å². The van der Waals surface area contributed by atoms with Crippen molar-refractivity contribution in [3.05, 3.63) is 211 Å². The number of hydrogen-bond donors (Lipinski definition) is 0. The minimum atomic E-state index is -4.18. The van der Waals surface area contributed by atoms with Crippen LogP contribution in [0.3, 0.4) is 0 Å². The van der Waals surface area contributed by atoms with Gasteiger partial charge in [0.2, 0.25) is 0 Å². The van der Waals surface area contributed by atoms with E-state index < -0.39 is 30.1 Å². The second-order valence-electron chi connectivity index (χ2n) is 15.1. The van der Waals surface area contributed by atoms with Crippen molar-refractivity contribution < 1.29 is 25.3 Å². The predicted molar refractivity (Wildman–Crippen MR) is 263 cm³/mol. The van der Waals surface area contributed by atoms with E-state index in [4.69, 9.17) is 0 Å². The molecule has 0 spiro atoms. The summed E-state index contributed by atoms with van der Waals surface area (Å²) in [6.07, 6.45) is 0. The molecule has 0 bridgehead atoms. The summed E-state index contributed by atoms with van der Waals surface area (Å²) in [7, 11) is -12.5. The molecule has 0 aliphatic heterocycles. The maximum Gasteiger partial charge on any atom is 0.264 e. The van der Waals surface area contributed by atoms with E-state index in [0.29, 0.717) is 33.8 Å². The first-order chi connectivity index (χ1) is 29.9. The van der Waals surface area contributed by atoms with E-state index in [0.717, 1.165) is 30.1 Å². The number of hydrogen-bond acceptors (Lipinski definition) is 6. The lowest BCUT2D eigenvalue weighted by atomic mass is 10.0. The number of nitrogens with zero attached hydrogens (tertiary/aromatic N) is 3. The predicted octanol–water partition coefficient (Wildman–Crippen LogP) is 12.1. The summed E-state index contributed by atoms with van der Waals surface area (Å²) >= 11 is 10.4. The quantitative estimate of drug-likeness (QED) is 0.101. The molecule has 7 aromatic rings. The van der Waals surface area contributed by atoms with Crippen LogP contribution >= 0.6 is 47.8 Å². The van der Waals surface area contributed by atoms with Gasteiger partial charge < -0.3 is 0 Å². The second kappa shape index (κ2) is 19.1. The first-order valence-corrected chi connectivity index (χ1v) is 26.3. The molecular weight excluding hydrogens is 1050 g/mol. The Morgan fingerprint density at radius 3 is 0.746 bits per heavy atom. The van der Waals surface area contributed by atoms with Gasteiger partial charge in [-0.2, -0.15) is 0 Å². The third-order valence-electron chi connectivity index (χ3n) is 10.3. The largest absolute Gasteiger partial charge is 0.264 e. The normalized spacial score (nSPS) is 11.9. The zero-order valence-corrected chi connectivity index (χ0v) is 41.6. The number of benzene rings is 7. The number of halogens is 3. The van der Waals surface area contributed by atoms with E-state index in [-0.39, 0.29) is 34.3 Å². The molecule has 0 atom stereocenters. The molecular formula is C48H42Br3N3O6S3. The molecule has 0 radical (unpaired) electrons. The molecule has 0 N–H and O–H groups in total. The van der Waals surface area contributed by atoms with Gasteiger partial charge in [-0.15, -0.1) is 0 Å². The molecule has 0 aliphatic rings. The van der Waals surface area contributed by atoms with Crippen LogP contribution in [0.1, 0.15) is 33.4 Å². The summed E-state index contributed by atoms with van der Waals surface area (Å²) in [6.45, 7) is 5.11. The Hall–Kier alpha value is -4.77. The van der Waals surface area contributed by atoms with Crippen LogP contribution in [-0.2, 0) is 49.7 Å². The lowest BCUT2D eigenvalue weighted by Crippen LogP contribution is -2.32. The van der Waals surface area contributed by atoms with E-state index in [2.05, 4.69) is 47.8 Å². The van der Waals surface area contributed by atoms with Gasteiger partial charge in [0.1, 0.15) is 0 Å². The summed E-state index contributed by atoms with van der Waals surface area (Å²) in [5.41, 5.74) is 5.34. The zero-order chi connectivity index (χ0) is 45.1. The van der Waals surface area contributed by atoms with Crippen molar-refractivity contribution in [2.24, 2.45) is 0 Å². The van der Waals surface area contributed by atoms with Gasteiger partial charge in [0.05, 0.1) is 51.4 Å². The highest BCUT2D eigenvalue weighted by molar-refractivity contribution is 9.11. The standard InChI is InChI=1S/C48H42Br3N3O6S3/c1-34-4-22-46(23-5-34)61(55,56)52(43-16-10-40(49)11-17-43)31-37-28-38(32-53(44-18-12-41(50)13-19-44)62(57,58)47-24-6-35(2)7-25-47)30-39(29-37)33-54(45-20-14-42(51)15-21-45)63(59,60)48-26-8-36(3)9-27-48/h4-30H,31-33H2,1-3H3. The van der Waals surface area contributed by atoms with Crippen molar-refractivity contribution in [2.75, 3.05) is 12.9 Å². The maximum atomic E-state index is 14.6. The first-order valence-electron chi connectivity index (χ1n) is 19.6. The molecule has 7 aromatic carbocycles. The molecule has 0 unspecified atom stereocenters. The number of rotatable bonds is 15. The van der Waals surface area contributed by atoms with Gasteiger partial charge in [0.15, 0.2) is 0 Å². The van der Waals surface area contributed by atoms with E-state index in [1.165, 1.54) is 12.9 Å². The number of sulfonamides is 3. The molecule has 63 heavy (non-hydrogen) atoms. The van der Waals surface area contributed by atoms with Crippen molar-refractivity contribution in [3.63, 3.8) is 0 Å². The third-order valence-corrected chi connectivity index (χ3v) is 17.2. The fourth-order valence-electron chi connectivity index (χ4n) is 6.89. The molecule has 0 fully saturated rings.